The van der Waals surface area contributed by atoms with Gasteiger partial charge in [-0.2, -0.15) is 0 Å². The molecule has 3 rings (SSSR count). The Morgan fingerprint density at radius 3 is 1.58 bits per heavy atom. The molecule has 0 saturated carbocycles. The fourth-order valence-corrected chi connectivity index (χ4v) is 6.11. The van der Waals surface area contributed by atoms with Crippen molar-refractivity contribution < 1.29 is 95.2 Å². The molecule has 2 heterocycles. The molecule has 2 aliphatic rings. The summed E-state index contributed by atoms with van der Waals surface area (Å²) in [5.41, 5.74) is 6.04. The summed E-state index contributed by atoms with van der Waals surface area (Å²) in [6.45, 7) is 6.23. The Labute approximate surface area is 338 Å². The molecule has 2 amide bonds. The number of benzene rings is 1. The van der Waals surface area contributed by atoms with E-state index in [9.17, 15) is 38.4 Å². The Bertz CT molecular complexity index is 1630. The first kappa shape index (κ1) is 47.8. The highest BCUT2D eigenvalue weighted by Crippen LogP contribution is 2.36. The van der Waals surface area contributed by atoms with E-state index in [1.165, 1.54) is 0 Å². The van der Waals surface area contributed by atoms with Gasteiger partial charge in [0.2, 0.25) is 0 Å². The van der Waals surface area contributed by atoms with Crippen LogP contribution < -0.4 is 5.73 Å². The van der Waals surface area contributed by atoms with E-state index >= 15 is 0 Å². The van der Waals surface area contributed by atoms with Gasteiger partial charge in [-0.3, -0.25) is 33.7 Å². The van der Waals surface area contributed by atoms with E-state index in [0.29, 0.717) is 5.56 Å². The summed E-state index contributed by atoms with van der Waals surface area (Å²) in [5.74, 6) is -5.34. The third kappa shape index (κ3) is 14.9. The van der Waals surface area contributed by atoms with Crippen LogP contribution in [-0.4, -0.2) is 147 Å². The number of carbonyl (C=O) groups excluding carboxylic acids is 8. The summed E-state index contributed by atoms with van der Waals surface area (Å²) in [4.78, 5) is 102. The zero-order valence-corrected chi connectivity index (χ0v) is 33.6. The van der Waals surface area contributed by atoms with Crippen molar-refractivity contribution in [2.75, 3.05) is 33.0 Å². The van der Waals surface area contributed by atoms with Crippen molar-refractivity contribution in [3.05, 3.63) is 35.9 Å². The Kier molecular flexibility index (Phi) is 18.7. The zero-order valence-electron chi connectivity index (χ0n) is 33.6. The molecule has 0 spiro atoms. The molecule has 2 fully saturated rings. The van der Waals surface area contributed by atoms with Crippen molar-refractivity contribution in [1.29, 1.82) is 0 Å². The summed E-state index contributed by atoms with van der Waals surface area (Å²) in [5, 5.41) is 0. The van der Waals surface area contributed by atoms with Gasteiger partial charge in [-0.25, -0.2) is 9.59 Å². The molecule has 22 nitrogen and oxygen atoms in total. The van der Waals surface area contributed by atoms with Gasteiger partial charge in [0.25, 0.3) is 0 Å². The molecular formula is C37H50N2O20. The van der Waals surface area contributed by atoms with Crippen LogP contribution in [0.25, 0.3) is 0 Å². The quantitative estimate of drug-likeness (QED) is 0.122. The van der Waals surface area contributed by atoms with Crippen LogP contribution in [-0.2, 0) is 92.2 Å². The van der Waals surface area contributed by atoms with Crippen LogP contribution in [0.1, 0.15) is 54.0 Å². The first-order valence-electron chi connectivity index (χ1n) is 18.3. The Hall–Kier alpha value is -5.58. The molecule has 10 atom stereocenters. The first-order chi connectivity index (χ1) is 27.9. The summed E-state index contributed by atoms with van der Waals surface area (Å²) < 4.78 is 68.0. The molecule has 1 aromatic rings. The number of hydrogen-bond donors (Lipinski definition) is 1. The average molecular weight is 843 g/mol. The van der Waals surface area contributed by atoms with Crippen molar-refractivity contribution in [2.45, 2.75) is 116 Å². The molecule has 59 heavy (non-hydrogen) atoms. The minimum absolute atomic E-state index is 0.125. The van der Waals surface area contributed by atoms with Crippen LogP contribution in [0.4, 0.5) is 9.59 Å². The highest BCUT2D eigenvalue weighted by Gasteiger charge is 2.59. The van der Waals surface area contributed by atoms with Crippen molar-refractivity contribution >= 4 is 48.0 Å². The summed E-state index contributed by atoms with van der Waals surface area (Å²) in [6.07, 6.45) is -19.8. The Morgan fingerprint density at radius 1 is 0.610 bits per heavy atom. The molecular weight excluding hydrogens is 792 g/mol. The van der Waals surface area contributed by atoms with E-state index < -0.39 is 123 Å². The standard InChI is InChI=1S/C37H50N2O20/c1-8-48-15-14-39(37(47)51-16-25-12-10-9-11-13-25)34-32(30(54-23(6)44)28(52-21(4)42)26(56-34)17-49-19(2)40)58-35-33(59-36(38)46)31(55-24(7)45)29(53-22(5)43)27(57-35)18-50-20(3)41/h9-13,26-35H,8,14-18H2,1-7H3,(H2,38,46)/t26-,27+,28+,29+,30-,31-,32-,33-,34?,35+/m0/s1. The first-order valence-corrected chi connectivity index (χ1v) is 18.3. The number of rotatable bonds is 18. The topological polar surface area (TPSA) is 277 Å². The minimum atomic E-state index is -1.99. The zero-order chi connectivity index (χ0) is 43.8. The van der Waals surface area contributed by atoms with Crippen LogP contribution >= 0.6 is 0 Å². The summed E-state index contributed by atoms with van der Waals surface area (Å²) >= 11 is 0. The lowest BCUT2D eigenvalue weighted by molar-refractivity contribution is -0.351. The molecule has 0 radical (unpaired) electrons. The molecule has 2 aliphatic heterocycles. The SMILES string of the molecule is CCOCCN(C(=O)OCc1ccccc1)C1O[C@@H](COC(C)=O)[C@@H](OC(C)=O)[C@H](OC(C)=O)[C@@H]1O[C@H]1O[C@H](COC(C)=O)[C@@H](OC(C)=O)[C@H](OC(C)=O)[C@@H]1OC(N)=O. The van der Waals surface area contributed by atoms with E-state index in [1.54, 1.807) is 37.3 Å². The second-order valence-corrected chi connectivity index (χ2v) is 12.9. The average Bonchev–Trinajstić information content (AvgIpc) is 3.14. The number of nitrogens with two attached hydrogens (primary N) is 1. The maximum absolute atomic E-state index is 14.1. The Morgan fingerprint density at radius 2 is 1.10 bits per heavy atom. The van der Waals surface area contributed by atoms with Crippen molar-refractivity contribution in [2.24, 2.45) is 5.73 Å². The summed E-state index contributed by atoms with van der Waals surface area (Å²) in [6, 6.07) is 8.60. The van der Waals surface area contributed by atoms with Gasteiger partial charge in [-0.15, -0.1) is 0 Å². The lowest BCUT2D eigenvalue weighted by Crippen LogP contribution is -2.69. The fraction of sp³-hybridized carbons (Fsp3) is 0.622. The lowest BCUT2D eigenvalue weighted by atomic mass is 9.95. The van der Waals surface area contributed by atoms with E-state index in [2.05, 4.69) is 0 Å². The molecule has 2 N–H and O–H groups in total. The van der Waals surface area contributed by atoms with Crippen LogP contribution in [0.3, 0.4) is 0 Å². The maximum Gasteiger partial charge on any atom is 0.412 e. The van der Waals surface area contributed by atoms with Gasteiger partial charge in [0.05, 0.1) is 13.2 Å². The smallest absolute Gasteiger partial charge is 0.412 e. The van der Waals surface area contributed by atoms with Crippen LogP contribution in [0, 0.1) is 0 Å². The predicted molar refractivity (Wildman–Crippen MR) is 192 cm³/mol. The molecule has 0 bridgehead atoms. The third-order valence-electron chi connectivity index (χ3n) is 8.28. The van der Waals surface area contributed by atoms with Crippen molar-refractivity contribution in [1.82, 2.24) is 4.90 Å². The van der Waals surface area contributed by atoms with Crippen LogP contribution in [0.15, 0.2) is 30.3 Å². The van der Waals surface area contributed by atoms with Gasteiger partial charge in [-0.1, -0.05) is 30.3 Å². The number of ether oxygens (including phenoxy) is 12. The number of hydrogen-bond acceptors (Lipinski definition) is 20. The normalized spacial score (nSPS) is 26.2. The molecule has 2 saturated heterocycles. The van der Waals surface area contributed by atoms with Crippen LogP contribution in [0.2, 0.25) is 0 Å². The van der Waals surface area contributed by atoms with Gasteiger partial charge in [0, 0.05) is 48.1 Å². The number of amides is 2. The molecule has 22 heteroatoms. The molecule has 0 aliphatic carbocycles. The Balaban J connectivity index is 2.29. The van der Waals surface area contributed by atoms with E-state index in [0.717, 1.165) is 46.4 Å². The summed E-state index contributed by atoms with van der Waals surface area (Å²) in [7, 11) is 0. The minimum Gasteiger partial charge on any atom is -0.463 e. The van der Waals surface area contributed by atoms with Gasteiger partial charge in [0.1, 0.15) is 38.1 Å². The van der Waals surface area contributed by atoms with Gasteiger partial charge in [0.15, 0.2) is 43.0 Å². The number of carbonyl (C=O) groups is 8. The second kappa shape index (κ2) is 23.1. The highest BCUT2D eigenvalue weighted by atomic mass is 16.8. The van der Waals surface area contributed by atoms with E-state index in [-0.39, 0.29) is 26.4 Å². The maximum atomic E-state index is 14.1. The molecule has 1 aromatic carbocycles. The monoisotopic (exact) mass is 842 g/mol. The fourth-order valence-electron chi connectivity index (χ4n) is 6.11. The molecule has 1 unspecified atom stereocenters. The van der Waals surface area contributed by atoms with Crippen LogP contribution in [0.5, 0.6) is 0 Å². The molecule has 0 aromatic heterocycles. The predicted octanol–water partition coefficient (Wildman–Crippen LogP) is 0.814. The van der Waals surface area contributed by atoms with Gasteiger partial charge < -0.3 is 62.6 Å². The van der Waals surface area contributed by atoms with Gasteiger partial charge in [-0.05, 0) is 12.5 Å². The van der Waals surface area contributed by atoms with Gasteiger partial charge >= 0.3 is 48.0 Å². The number of esters is 6. The largest absolute Gasteiger partial charge is 0.463 e. The third-order valence-corrected chi connectivity index (χ3v) is 8.28. The van der Waals surface area contributed by atoms with E-state index in [1.807, 2.05) is 0 Å². The van der Waals surface area contributed by atoms with Crippen molar-refractivity contribution in [3.63, 3.8) is 0 Å². The number of primary amides is 1. The second-order valence-electron chi connectivity index (χ2n) is 12.9. The number of nitrogens with zero attached hydrogens (tertiary/aromatic N) is 1. The highest BCUT2D eigenvalue weighted by molar-refractivity contribution is 5.70. The van der Waals surface area contributed by atoms with E-state index in [4.69, 9.17) is 62.6 Å². The van der Waals surface area contributed by atoms with Crippen molar-refractivity contribution in [3.8, 4) is 0 Å². The lowest BCUT2D eigenvalue weighted by Gasteiger charge is -2.50. The molecule has 328 valence electrons.